The molecule has 0 amide bonds. The van der Waals surface area contributed by atoms with Crippen molar-refractivity contribution >= 4 is 0 Å². The van der Waals surface area contributed by atoms with Crippen LogP contribution in [-0.4, -0.2) is 29.3 Å². The van der Waals surface area contributed by atoms with E-state index >= 15 is 0 Å². The van der Waals surface area contributed by atoms with Crippen molar-refractivity contribution in [2.75, 3.05) is 0 Å². The molecule has 3 heterocycles. The normalized spacial score (nSPS) is 11.8. The quantitative estimate of drug-likeness (QED) is 0.692. The number of aromatic nitrogens is 6. The van der Waals surface area contributed by atoms with E-state index in [0.717, 1.165) is 0 Å². The van der Waals surface area contributed by atoms with Crippen LogP contribution in [-0.2, 0) is 20.9 Å². The Morgan fingerprint density at radius 1 is 0.706 bits per heavy atom. The summed E-state index contributed by atoms with van der Waals surface area (Å²) in [7, 11) is 0. The van der Waals surface area contributed by atoms with Crippen molar-refractivity contribution < 1.29 is 16.3 Å². The molecule has 0 saturated carbocycles. The molecule has 0 atom stereocenters. The predicted octanol–water partition coefficient (Wildman–Crippen LogP) is 0.487. The zero-order valence-corrected chi connectivity index (χ0v) is 10.1. The Labute approximate surface area is 106 Å². The van der Waals surface area contributed by atoms with Crippen LogP contribution in [0.1, 0.15) is 0 Å². The average molecular weight is 265 g/mol. The fourth-order valence-electron chi connectivity index (χ4n) is 1.64. The van der Waals surface area contributed by atoms with Crippen molar-refractivity contribution in [1.29, 1.82) is 0 Å². The third kappa shape index (κ3) is 1.52. The van der Waals surface area contributed by atoms with Gasteiger partial charge in [-0.25, -0.2) is 0 Å². The van der Waals surface area contributed by atoms with E-state index in [9.17, 15) is 0 Å². The Morgan fingerprint density at radius 3 is 1.29 bits per heavy atom. The molecule has 7 heteroatoms. The molecule has 0 radical (unpaired) electrons. The van der Waals surface area contributed by atoms with E-state index in [-0.39, 0.29) is 0 Å². The minimum atomic E-state index is -0.740. The Hall–Kier alpha value is -1.84. The van der Waals surface area contributed by atoms with Crippen molar-refractivity contribution in [3.05, 3.63) is 55.4 Å². The van der Waals surface area contributed by atoms with Crippen LogP contribution in [0.4, 0.5) is 0 Å². The van der Waals surface area contributed by atoms with E-state index in [1.807, 2.05) is 36.8 Å². The zero-order valence-electron chi connectivity index (χ0n) is 8.79. The van der Waals surface area contributed by atoms with Gasteiger partial charge in [-0.1, -0.05) is 0 Å². The maximum atomic E-state index is 4.26. The second-order valence-corrected chi connectivity index (χ2v) is 4.28. The van der Waals surface area contributed by atoms with Gasteiger partial charge in [0.25, 0.3) is 0 Å². The molecule has 0 saturated heterocycles. The fourth-order valence-corrected chi connectivity index (χ4v) is 2.14. The van der Waals surface area contributed by atoms with Gasteiger partial charge in [-0.05, 0) is 0 Å². The Balaban J connectivity index is 2.21. The van der Waals surface area contributed by atoms with Gasteiger partial charge in [0, 0.05) is 0 Å². The summed E-state index contributed by atoms with van der Waals surface area (Å²) in [4.78, 5) is 0. The predicted molar refractivity (Wildman–Crippen MR) is 55.5 cm³/mol. The van der Waals surface area contributed by atoms with Gasteiger partial charge in [-0.3, -0.25) is 0 Å². The average Bonchev–Trinajstić information content (AvgIpc) is 3.10. The molecule has 85 valence electrons. The summed E-state index contributed by atoms with van der Waals surface area (Å²) in [5.74, 6) is 0. The van der Waals surface area contributed by atoms with Crippen molar-refractivity contribution in [2.24, 2.45) is 0 Å². The molecule has 3 aromatic heterocycles. The number of nitrogens with zero attached hydrogens (tertiary/aromatic N) is 6. The molecule has 0 aliphatic rings. The molecule has 0 aliphatic heterocycles. The molecule has 0 unspecified atom stereocenters. The van der Waals surface area contributed by atoms with Crippen LogP contribution in [0.15, 0.2) is 55.4 Å². The summed E-state index contributed by atoms with van der Waals surface area (Å²) in [5.41, 5.74) is 0. The van der Waals surface area contributed by atoms with E-state index in [4.69, 9.17) is 0 Å². The van der Waals surface area contributed by atoms with Crippen molar-refractivity contribution in [2.45, 2.75) is 4.65 Å². The second kappa shape index (κ2) is 3.88. The van der Waals surface area contributed by atoms with Crippen molar-refractivity contribution in [1.82, 2.24) is 29.3 Å². The van der Waals surface area contributed by atoms with E-state index in [1.165, 1.54) is 0 Å². The summed E-state index contributed by atoms with van der Waals surface area (Å²) >= 11 is 3.10. The molecule has 0 fully saturated rings. The Bertz CT molecular complexity index is 484. The van der Waals surface area contributed by atoms with E-state index in [1.54, 1.807) is 32.6 Å². The van der Waals surface area contributed by atoms with Crippen LogP contribution < -0.4 is 0 Å². The molecule has 17 heavy (non-hydrogen) atoms. The molecule has 0 bridgehead atoms. The first-order valence-corrected chi connectivity index (χ1v) is 5.66. The number of rotatable bonds is 3. The van der Waals surface area contributed by atoms with Crippen LogP contribution in [0.25, 0.3) is 0 Å². The molecule has 0 N–H and O–H groups in total. The van der Waals surface area contributed by atoms with Crippen LogP contribution in [0, 0.1) is 0 Å². The SMILES string of the molecule is [Cr][C](n1cccn1)(n1cccn1)n1cccn1. The van der Waals surface area contributed by atoms with Crippen LogP contribution in [0.2, 0.25) is 0 Å². The monoisotopic (exact) mass is 265 g/mol. The van der Waals surface area contributed by atoms with E-state index in [2.05, 4.69) is 31.6 Å². The Morgan fingerprint density at radius 2 is 1.06 bits per heavy atom. The van der Waals surface area contributed by atoms with E-state index < -0.39 is 4.65 Å². The summed E-state index contributed by atoms with van der Waals surface area (Å²) < 4.78 is 4.53. The third-order valence-corrected chi connectivity index (χ3v) is 3.28. The summed E-state index contributed by atoms with van der Waals surface area (Å²) in [6.45, 7) is 0. The molecule has 3 rings (SSSR count). The minimum absolute atomic E-state index is 0.740. The van der Waals surface area contributed by atoms with Gasteiger partial charge in [0.1, 0.15) is 0 Å². The van der Waals surface area contributed by atoms with Crippen LogP contribution in [0.3, 0.4) is 0 Å². The molecular weight excluding hydrogens is 256 g/mol. The number of hydrogen-bond acceptors (Lipinski definition) is 3. The third-order valence-electron chi connectivity index (χ3n) is 2.41. The van der Waals surface area contributed by atoms with Gasteiger partial charge in [0.2, 0.25) is 0 Å². The van der Waals surface area contributed by atoms with Gasteiger partial charge >= 0.3 is 106 Å². The maximum absolute atomic E-state index is 4.26. The molecule has 0 aromatic carbocycles. The first-order chi connectivity index (χ1) is 8.32. The van der Waals surface area contributed by atoms with Crippen molar-refractivity contribution in [3.8, 4) is 0 Å². The number of hydrogen-bond donors (Lipinski definition) is 0. The summed E-state index contributed by atoms with van der Waals surface area (Å²) in [5, 5.41) is 12.8. The second-order valence-electron chi connectivity index (χ2n) is 3.43. The van der Waals surface area contributed by atoms with Gasteiger partial charge in [0.05, 0.1) is 0 Å². The topological polar surface area (TPSA) is 53.5 Å². The first kappa shape index (κ1) is 10.3. The van der Waals surface area contributed by atoms with Crippen molar-refractivity contribution in [3.63, 3.8) is 0 Å². The van der Waals surface area contributed by atoms with Gasteiger partial charge in [-0.15, -0.1) is 0 Å². The Kier molecular flexibility index (Phi) is 2.35. The van der Waals surface area contributed by atoms with E-state index in [0.29, 0.717) is 0 Å². The van der Waals surface area contributed by atoms with Gasteiger partial charge in [0.15, 0.2) is 0 Å². The molecule has 0 aliphatic carbocycles. The molecule has 6 nitrogen and oxygen atoms in total. The van der Waals surface area contributed by atoms with Gasteiger partial charge in [-0.2, -0.15) is 0 Å². The standard InChI is InChI=1S/C10H9N6.Cr/c1-4-11-14(7-1)10(15-8-2-5-12-15)16-9-3-6-13-16;/h1-9H;. The molecule has 0 spiro atoms. The molecule has 3 aromatic rings. The van der Waals surface area contributed by atoms with Crippen LogP contribution >= 0.6 is 0 Å². The van der Waals surface area contributed by atoms with Gasteiger partial charge < -0.3 is 0 Å². The van der Waals surface area contributed by atoms with Crippen LogP contribution in [0.5, 0.6) is 0 Å². The fraction of sp³-hybridized carbons (Fsp3) is 0.100. The first-order valence-electron chi connectivity index (χ1n) is 5.02. The zero-order chi connectivity index (χ0) is 11.7. The molecular formula is C10H9CrN6. The summed E-state index contributed by atoms with van der Waals surface area (Å²) in [6, 6.07) is 5.58. The summed E-state index contributed by atoms with van der Waals surface area (Å²) in [6.07, 6.45) is 10.7.